The zero-order valence-electron chi connectivity index (χ0n) is 14.8. The molecule has 1 aliphatic rings. The average Bonchev–Trinajstić information content (AvgIpc) is 2.73. The summed E-state index contributed by atoms with van der Waals surface area (Å²) in [6, 6.07) is 25.7. The van der Waals surface area contributed by atoms with Gasteiger partial charge in [0.15, 0.2) is 0 Å². The molecule has 1 saturated carbocycles. The van der Waals surface area contributed by atoms with Crippen molar-refractivity contribution in [3.05, 3.63) is 84.2 Å². The van der Waals surface area contributed by atoms with Crippen LogP contribution in [0.25, 0.3) is 21.8 Å². The lowest BCUT2D eigenvalue weighted by Gasteiger charge is -2.31. The SMILES string of the molecule is c1ccc2nc(C3CCCCC3c3ccc4ccccc4n3)ccc2c1. The highest BCUT2D eigenvalue weighted by Gasteiger charge is 2.30. The summed E-state index contributed by atoms with van der Waals surface area (Å²) < 4.78 is 0. The third kappa shape index (κ3) is 2.76. The van der Waals surface area contributed by atoms with Crippen LogP contribution in [-0.2, 0) is 0 Å². The van der Waals surface area contributed by atoms with Crippen molar-refractivity contribution in [1.29, 1.82) is 0 Å². The van der Waals surface area contributed by atoms with Crippen molar-refractivity contribution in [3.8, 4) is 0 Å². The molecule has 2 aromatic heterocycles. The molecule has 2 atom stereocenters. The maximum absolute atomic E-state index is 5.01. The van der Waals surface area contributed by atoms with Gasteiger partial charge in [0.2, 0.25) is 0 Å². The zero-order chi connectivity index (χ0) is 17.3. The van der Waals surface area contributed by atoms with E-state index in [0.29, 0.717) is 11.8 Å². The number of pyridine rings is 2. The number of nitrogens with zero attached hydrogens (tertiary/aromatic N) is 2. The monoisotopic (exact) mass is 338 g/mol. The van der Waals surface area contributed by atoms with Gasteiger partial charge in [-0.25, -0.2) is 0 Å². The van der Waals surface area contributed by atoms with E-state index in [1.807, 2.05) is 0 Å². The van der Waals surface area contributed by atoms with Crippen molar-refractivity contribution in [2.24, 2.45) is 0 Å². The predicted octanol–water partition coefficient (Wildman–Crippen LogP) is 6.22. The van der Waals surface area contributed by atoms with Crippen LogP contribution in [0, 0.1) is 0 Å². The van der Waals surface area contributed by atoms with Gasteiger partial charge in [0, 0.05) is 34.0 Å². The van der Waals surface area contributed by atoms with E-state index in [1.54, 1.807) is 0 Å². The minimum absolute atomic E-state index is 0.460. The van der Waals surface area contributed by atoms with Gasteiger partial charge in [0.05, 0.1) is 11.0 Å². The molecule has 0 amide bonds. The standard InChI is InChI=1S/C24H22N2/c1-5-11-21-17(7-1)13-15-23(25-21)19-9-3-4-10-20(19)24-16-14-18-8-2-6-12-22(18)26-24/h1-2,5-8,11-16,19-20H,3-4,9-10H2. The van der Waals surface area contributed by atoms with E-state index in [-0.39, 0.29) is 0 Å². The van der Waals surface area contributed by atoms with Gasteiger partial charge in [0.1, 0.15) is 0 Å². The van der Waals surface area contributed by atoms with Gasteiger partial charge in [-0.15, -0.1) is 0 Å². The van der Waals surface area contributed by atoms with Gasteiger partial charge in [0.25, 0.3) is 0 Å². The highest BCUT2D eigenvalue weighted by atomic mass is 14.7. The van der Waals surface area contributed by atoms with E-state index in [0.717, 1.165) is 11.0 Å². The number of rotatable bonds is 2. The zero-order valence-corrected chi connectivity index (χ0v) is 14.8. The summed E-state index contributed by atoms with van der Waals surface area (Å²) in [7, 11) is 0. The first-order valence-electron chi connectivity index (χ1n) is 9.60. The van der Waals surface area contributed by atoms with E-state index < -0.39 is 0 Å². The predicted molar refractivity (Wildman–Crippen MR) is 107 cm³/mol. The van der Waals surface area contributed by atoms with Crippen molar-refractivity contribution < 1.29 is 0 Å². The van der Waals surface area contributed by atoms with Crippen LogP contribution >= 0.6 is 0 Å². The van der Waals surface area contributed by atoms with E-state index in [4.69, 9.17) is 9.97 Å². The Labute approximate surface area is 153 Å². The molecular weight excluding hydrogens is 316 g/mol. The quantitative estimate of drug-likeness (QED) is 0.433. The van der Waals surface area contributed by atoms with E-state index in [2.05, 4.69) is 72.8 Å². The smallest absolute Gasteiger partial charge is 0.0705 e. The van der Waals surface area contributed by atoms with Crippen LogP contribution in [-0.4, -0.2) is 9.97 Å². The number of benzene rings is 2. The largest absolute Gasteiger partial charge is 0.253 e. The Morgan fingerprint density at radius 3 is 1.50 bits per heavy atom. The van der Waals surface area contributed by atoms with Crippen molar-refractivity contribution in [3.63, 3.8) is 0 Å². The van der Waals surface area contributed by atoms with E-state index in [9.17, 15) is 0 Å². The first-order chi connectivity index (χ1) is 12.9. The normalized spacial score (nSPS) is 20.5. The third-order valence-corrected chi connectivity index (χ3v) is 5.77. The summed E-state index contributed by atoms with van der Waals surface area (Å²) >= 11 is 0. The minimum atomic E-state index is 0.460. The lowest BCUT2D eigenvalue weighted by atomic mass is 9.75. The Hall–Kier alpha value is -2.74. The molecule has 1 fully saturated rings. The van der Waals surface area contributed by atoms with Crippen LogP contribution in [0.5, 0.6) is 0 Å². The Balaban J connectivity index is 1.56. The van der Waals surface area contributed by atoms with Crippen LogP contribution in [0.3, 0.4) is 0 Å². The second-order valence-electron chi connectivity index (χ2n) is 7.36. The molecule has 0 N–H and O–H groups in total. The lowest BCUT2D eigenvalue weighted by Crippen LogP contribution is -2.18. The highest BCUT2D eigenvalue weighted by Crippen LogP contribution is 2.43. The molecule has 0 spiro atoms. The molecule has 0 radical (unpaired) electrons. The van der Waals surface area contributed by atoms with Gasteiger partial charge in [-0.1, -0.05) is 61.4 Å². The van der Waals surface area contributed by atoms with Gasteiger partial charge >= 0.3 is 0 Å². The Kier molecular flexibility index (Phi) is 3.89. The summed E-state index contributed by atoms with van der Waals surface area (Å²) in [5.41, 5.74) is 4.65. The Morgan fingerprint density at radius 2 is 1.00 bits per heavy atom. The molecule has 0 bridgehead atoms. The molecule has 4 aromatic rings. The molecule has 2 heteroatoms. The molecular formula is C24H22N2. The van der Waals surface area contributed by atoms with Gasteiger partial charge < -0.3 is 0 Å². The van der Waals surface area contributed by atoms with Crippen molar-refractivity contribution in [1.82, 2.24) is 9.97 Å². The fraction of sp³-hybridized carbons (Fsp3) is 0.250. The maximum atomic E-state index is 5.01. The molecule has 2 aromatic carbocycles. The van der Waals surface area contributed by atoms with E-state index >= 15 is 0 Å². The van der Waals surface area contributed by atoms with E-state index in [1.165, 1.54) is 47.8 Å². The Morgan fingerprint density at radius 1 is 0.538 bits per heavy atom. The van der Waals surface area contributed by atoms with Crippen molar-refractivity contribution in [2.75, 3.05) is 0 Å². The molecule has 0 saturated heterocycles. The van der Waals surface area contributed by atoms with Crippen LogP contribution in [0.15, 0.2) is 72.8 Å². The second-order valence-corrected chi connectivity index (χ2v) is 7.36. The molecule has 1 aliphatic carbocycles. The van der Waals surface area contributed by atoms with Crippen molar-refractivity contribution in [2.45, 2.75) is 37.5 Å². The molecule has 26 heavy (non-hydrogen) atoms. The fourth-order valence-electron chi connectivity index (χ4n) is 4.42. The fourth-order valence-corrected chi connectivity index (χ4v) is 4.42. The van der Waals surface area contributed by atoms with Crippen LogP contribution in [0.1, 0.15) is 48.9 Å². The topological polar surface area (TPSA) is 25.8 Å². The molecule has 2 unspecified atom stereocenters. The van der Waals surface area contributed by atoms with Crippen molar-refractivity contribution >= 4 is 21.8 Å². The molecule has 2 nitrogen and oxygen atoms in total. The molecule has 5 rings (SSSR count). The maximum Gasteiger partial charge on any atom is 0.0705 e. The second kappa shape index (κ2) is 6.53. The summed E-state index contributed by atoms with van der Waals surface area (Å²) in [5, 5.41) is 2.43. The average molecular weight is 338 g/mol. The van der Waals surface area contributed by atoms with Gasteiger partial charge in [-0.2, -0.15) is 0 Å². The summed E-state index contributed by atoms with van der Waals surface area (Å²) in [6.45, 7) is 0. The lowest BCUT2D eigenvalue weighted by molar-refractivity contribution is 0.376. The third-order valence-electron chi connectivity index (χ3n) is 5.77. The molecule has 2 heterocycles. The number of fused-ring (bicyclic) bond motifs is 2. The summed E-state index contributed by atoms with van der Waals surface area (Å²) in [4.78, 5) is 10.0. The number of hydrogen-bond donors (Lipinski definition) is 0. The first-order valence-corrected chi connectivity index (χ1v) is 9.60. The molecule has 0 aliphatic heterocycles. The summed E-state index contributed by atoms with van der Waals surface area (Å²) in [5.74, 6) is 0.920. The first kappa shape index (κ1) is 15.5. The number of para-hydroxylation sites is 2. The summed E-state index contributed by atoms with van der Waals surface area (Å²) in [6.07, 6.45) is 4.96. The van der Waals surface area contributed by atoms with Crippen LogP contribution in [0.4, 0.5) is 0 Å². The molecule has 128 valence electrons. The van der Waals surface area contributed by atoms with Crippen LogP contribution < -0.4 is 0 Å². The number of aromatic nitrogens is 2. The van der Waals surface area contributed by atoms with Crippen LogP contribution in [0.2, 0.25) is 0 Å². The minimum Gasteiger partial charge on any atom is -0.253 e. The van der Waals surface area contributed by atoms with Gasteiger partial charge in [-0.05, 0) is 37.1 Å². The number of hydrogen-bond acceptors (Lipinski definition) is 2. The highest BCUT2D eigenvalue weighted by molar-refractivity contribution is 5.79. The Bertz CT molecular complexity index is 982. The van der Waals surface area contributed by atoms with Gasteiger partial charge in [-0.3, -0.25) is 9.97 Å².